The van der Waals surface area contributed by atoms with Crippen LogP contribution >= 0.6 is 0 Å². The van der Waals surface area contributed by atoms with Gasteiger partial charge in [-0.25, -0.2) is 8.42 Å². The second-order valence-corrected chi connectivity index (χ2v) is 9.51. The number of likely N-dealkylation sites (N-methyl/N-ethyl adjacent to an activating group) is 1. The number of rotatable bonds is 10. The highest BCUT2D eigenvalue weighted by molar-refractivity contribution is 7.92. The molecule has 9 nitrogen and oxygen atoms in total. The van der Waals surface area contributed by atoms with Crippen LogP contribution in [0.5, 0.6) is 11.5 Å². The first kappa shape index (κ1) is 26.0. The minimum Gasteiger partial charge on any atom is -0.497 e. The topological polar surface area (TPSA) is 105 Å². The second kappa shape index (κ2) is 11.0. The number of aryl methyl sites for hydroxylation is 1. The van der Waals surface area contributed by atoms with Gasteiger partial charge < -0.3 is 19.7 Å². The highest BCUT2D eigenvalue weighted by atomic mass is 32.2. The molecule has 2 rings (SSSR count). The Morgan fingerprint density at radius 3 is 2.21 bits per heavy atom. The average molecular weight is 478 g/mol. The maximum atomic E-state index is 13.4. The van der Waals surface area contributed by atoms with Crippen molar-refractivity contribution in [2.24, 2.45) is 0 Å². The molecule has 0 aliphatic heterocycles. The highest BCUT2D eigenvalue weighted by Gasteiger charge is 2.31. The summed E-state index contributed by atoms with van der Waals surface area (Å²) in [6.45, 7) is 3.19. The van der Waals surface area contributed by atoms with E-state index in [1.54, 1.807) is 13.0 Å². The van der Waals surface area contributed by atoms with Crippen LogP contribution in [0.2, 0.25) is 0 Å². The third-order valence-electron chi connectivity index (χ3n) is 5.22. The molecule has 10 heteroatoms. The molecular formula is C23H31N3O6S. The molecular weight excluding hydrogens is 446 g/mol. The Kier molecular flexibility index (Phi) is 8.69. The van der Waals surface area contributed by atoms with E-state index < -0.39 is 28.5 Å². The van der Waals surface area contributed by atoms with Crippen LogP contribution < -0.4 is 19.1 Å². The lowest BCUT2D eigenvalue weighted by Crippen LogP contribution is -2.50. The van der Waals surface area contributed by atoms with Crippen LogP contribution in [0.25, 0.3) is 0 Å². The van der Waals surface area contributed by atoms with E-state index in [1.165, 1.54) is 38.3 Å². The number of nitrogens with one attached hydrogen (secondary N) is 1. The van der Waals surface area contributed by atoms with Crippen molar-refractivity contribution in [3.05, 3.63) is 53.6 Å². The molecule has 33 heavy (non-hydrogen) atoms. The number of carbonyl (C=O) groups excluding carboxylic acids is 2. The second-order valence-electron chi connectivity index (χ2n) is 7.60. The monoisotopic (exact) mass is 477 g/mol. The van der Waals surface area contributed by atoms with Crippen LogP contribution in [0.4, 0.5) is 5.69 Å². The summed E-state index contributed by atoms with van der Waals surface area (Å²) in [4.78, 5) is 27.1. The van der Waals surface area contributed by atoms with Crippen molar-refractivity contribution in [2.75, 3.05) is 38.4 Å². The lowest BCUT2D eigenvalue weighted by Gasteiger charge is -2.31. The number of benzene rings is 2. The summed E-state index contributed by atoms with van der Waals surface area (Å²) in [6, 6.07) is 11.4. The number of hydrogen-bond acceptors (Lipinski definition) is 6. The summed E-state index contributed by atoms with van der Waals surface area (Å²) in [5.74, 6) is -0.181. The number of nitrogens with zero attached hydrogens (tertiary/aromatic N) is 2. The number of sulfonamides is 1. The molecule has 0 aromatic heterocycles. The van der Waals surface area contributed by atoms with Gasteiger partial charge in [0.05, 0.1) is 26.2 Å². The van der Waals surface area contributed by atoms with Crippen LogP contribution in [0, 0.1) is 6.92 Å². The Balaban J connectivity index is 2.44. The number of hydrogen-bond donors (Lipinski definition) is 1. The normalized spacial score (nSPS) is 11.9. The number of ether oxygens (including phenoxy) is 2. The van der Waals surface area contributed by atoms with Crippen molar-refractivity contribution in [3.8, 4) is 11.5 Å². The SMILES string of the molecule is CNC(=O)[C@H](C)N(Cc1ccc(C)cc1)C(=O)CN(c1ccc(OC)cc1OC)S(C)(=O)=O. The van der Waals surface area contributed by atoms with E-state index >= 15 is 0 Å². The third-order valence-corrected chi connectivity index (χ3v) is 6.35. The standard InChI is InChI=1S/C23H31N3O6S/c1-16-7-9-18(10-8-16)14-25(17(2)23(28)24-3)22(27)15-26(33(6,29)30)20-12-11-19(31-4)13-21(20)32-5/h7-13,17H,14-15H2,1-6H3,(H,24,28)/t17-/m0/s1. The van der Waals surface area contributed by atoms with Gasteiger partial charge in [0.15, 0.2) is 0 Å². The molecule has 0 bridgehead atoms. The van der Waals surface area contributed by atoms with E-state index in [-0.39, 0.29) is 23.9 Å². The van der Waals surface area contributed by atoms with Crippen LogP contribution in [0.1, 0.15) is 18.1 Å². The van der Waals surface area contributed by atoms with Gasteiger partial charge in [-0.15, -0.1) is 0 Å². The molecule has 0 spiro atoms. The van der Waals surface area contributed by atoms with Crippen molar-refractivity contribution < 1.29 is 27.5 Å². The van der Waals surface area contributed by atoms with Crippen molar-refractivity contribution in [1.82, 2.24) is 10.2 Å². The van der Waals surface area contributed by atoms with Gasteiger partial charge in [0.25, 0.3) is 0 Å². The predicted molar refractivity (Wildman–Crippen MR) is 127 cm³/mol. The molecule has 0 saturated heterocycles. The summed E-state index contributed by atoms with van der Waals surface area (Å²) < 4.78 is 36.8. The van der Waals surface area contributed by atoms with Crippen LogP contribution in [0.3, 0.4) is 0 Å². The van der Waals surface area contributed by atoms with Crippen LogP contribution in [-0.2, 0) is 26.2 Å². The van der Waals surface area contributed by atoms with Crippen molar-refractivity contribution in [2.45, 2.75) is 26.4 Å². The molecule has 0 heterocycles. The van der Waals surface area contributed by atoms with Gasteiger partial charge in [0.1, 0.15) is 24.1 Å². The minimum absolute atomic E-state index is 0.144. The van der Waals surface area contributed by atoms with E-state index in [4.69, 9.17) is 9.47 Å². The van der Waals surface area contributed by atoms with E-state index in [0.29, 0.717) is 5.75 Å². The predicted octanol–water partition coefficient (Wildman–Crippen LogP) is 1.94. The Morgan fingerprint density at radius 1 is 1.06 bits per heavy atom. The van der Waals surface area contributed by atoms with Gasteiger partial charge in [-0.1, -0.05) is 29.8 Å². The summed E-state index contributed by atoms with van der Waals surface area (Å²) in [5, 5.41) is 2.54. The smallest absolute Gasteiger partial charge is 0.244 e. The van der Waals surface area contributed by atoms with Crippen LogP contribution in [-0.4, -0.2) is 65.2 Å². The summed E-state index contributed by atoms with van der Waals surface area (Å²) in [6.07, 6.45) is 1.01. The lowest BCUT2D eigenvalue weighted by molar-refractivity contribution is -0.139. The molecule has 0 unspecified atom stereocenters. The lowest BCUT2D eigenvalue weighted by atomic mass is 10.1. The molecule has 180 valence electrons. The van der Waals surface area contributed by atoms with Gasteiger partial charge >= 0.3 is 0 Å². The quantitative estimate of drug-likeness (QED) is 0.561. The van der Waals surface area contributed by atoms with Gasteiger partial charge in [0.2, 0.25) is 21.8 Å². The molecule has 2 aromatic rings. The van der Waals surface area contributed by atoms with Crippen molar-refractivity contribution >= 4 is 27.5 Å². The first-order chi connectivity index (χ1) is 15.5. The van der Waals surface area contributed by atoms with E-state index in [9.17, 15) is 18.0 Å². The van der Waals surface area contributed by atoms with Gasteiger partial charge in [-0.3, -0.25) is 13.9 Å². The molecule has 0 aliphatic carbocycles. The number of anilines is 1. The maximum absolute atomic E-state index is 13.4. The van der Waals surface area contributed by atoms with Crippen molar-refractivity contribution in [1.29, 1.82) is 0 Å². The molecule has 2 amide bonds. The van der Waals surface area contributed by atoms with Gasteiger partial charge in [-0.05, 0) is 31.5 Å². The first-order valence-corrected chi connectivity index (χ1v) is 12.1. The summed E-state index contributed by atoms with van der Waals surface area (Å²) >= 11 is 0. The Bertz CT molecular complexity index is 1090. The Labute approximate surface area is 195 Å². The summed E-state index contributed by atoms with van der Waals surface area (Å²) in [5.41, 5.74) is 2.07. The zero-order chi connectivity index (χ0) is 24.8. The summed E-state index contributed by atoms with van der Waals surface area (Å²) in [7, 11) is 0.503. The van der Waals surface area contributed by atoms with E-state index in [0.717, 1.165) is 21.7 Å². The Hall–Kier alpha value is -3.27. The molecule has 0 radical (unpaired) electrons. The number of amides is 2. The highest BCUT2D eigenvalue weighted by Crippen LogP contribution is 2.33. The third kappa shape index (κ3) is 6.61. The maximum Gasteiger partial charge on any atom is 0.244 e. The van der Waals surface area contributed by atoms with E-state index in [2.05, 4.69) is 5.32 Å². The number of methoxy groups -OCH3 is 2. The average Bonchev–Trinajstić information content (AvgIpc) is 2.79. The fraction of sp³-hybridized carbons (Fsp3) is 0.391. The largest absolute Gasteiger partial charge is 0.497 e. The van der Waals surface area contributed by atoms with Crippen molar-refractivity contribution in [3.63, 3.8) is 0 Å². The fourth-order valence-electron chi connectivity index (χ4n) is 3.27. The first-order valence-electron chi connectivity index (χ1n) is 10.3. The zero-order valence-electron chi connectivity index (χ0n) is 19.8. The van der Waals surface area contributed by atoms with E-state index in [1.807, 2.05) is 31.2 Å². The molecule has 0 aliphatic rings. The molecule has 2 aromatic carbocycles. The fourth-order valence-corrected chi connectivity index (χ4v) is 4.12. The molecule has 1 N–H and O–H groups in total. The molecule has 0 fully saturated rings. The minimum atomic E-state index is -3.86. The molecule has 1 atom stereocenters. The Morgan fingerprint density at radius 2 is 1.70 bits per heavy atom. The number of carbonyl (C=O) groups is 2. The molecule has 0 saturated carbocycles. The van der Waals surface area contributed by atoms with Gasteiger partial charge in [0, 0.05) is 19.7 Å². The zero-order valence-corrected chi connectivity index (χ0v) is 20.6. The van der Waals surface area contributed by atoms with Crippen LogP contribution in [0.15, 0.2) is 42.5 Å². The van der Waals surface area contributed by atoms with Gasteiger partial charge in [-0.2, -0.15) is 0 Å².